The van der Waals surface area contributed by atoms with E-state index in [1.165, 1.54) is 25.7 Å². The monoisotopic (exact) mass is 379 g/mol. The number of carbonyl (C=O) groups excluding carboxylic acids is 2. The molecule has 3 rings (SSSR count). The van der Waals surface area contributed by atoms with Gasteiger partial charge in [0.2, 0.25) is 5.91 Å². The van der Waals surface area contributed by atoms with E-state index in [0.29, 0.717) is 30.0 Å². The third kappa shape index (κ3) is 4.25. The lowest BCUT2D eigenvalue weighted by Gasteiger charge is -2.52. The highest BCUT2D eigenvalue weighted by molar-refractivity contribution is 5.73. The van der Waals surface area contributed by atoms with Crippen LogP contribution in [0.2, 0.25) is 0 Å². The minimum Gasteiger partial charge on any atom is -0.450 e. The number of rotatable bonds is 5. The van der Waals surface area contributed by atoms with Crippen LogP contribution < -0.4 is 0 Å². The average molecular weight is 380 g/mol. The van der Waals surface area contributed by atoms with Crippen LogP contribution in [0.25, 0.3) is 0 Å². The van der Waals surface area contributed by atoms with Crippen LogP contribution >= 0.6 is 0 Å². The molecule has 0 N–H and O–H groups in total. The quantitative estimate of drug-likeness (QED) is 0.737. The Balaban J connectivity index is 1.43. The minimum absolute atomic E-state index is 0.140. The third-order valence-corrected chi connectivity index (χ3v) is 7.31. The second-order valence-electron chi connectivity index (χ2n) is 8.85. The van der Waals surface area contributed by atoms with Gasteiger partial charge >= 0.3 is 6.09 Å². The van der Waals surface area contributed by atoms with Crippen molar-refractivity contribution in [1.29, 1.82) is 0 Å². The van der Waals surface area contributed by atoms with Gasteiger partial charge in [-0.2, -0.15) is 0 Å². The third-order valence-electron chi connectivity index (χ3n) is 7.31. The molecule has 0 bridgehead atoms. The van der Waals surface area contributed by atoms with Crippen molar-refractivity contribution >= 4 is 12.0 Å². The van der Waals surface area contributed by atoms with Crippen molar-refractivity contribution in [3.8, 4) is 0 Å². The summed E-state index contributed by atoms with van der Waals surface area (Å²) in [6.45, 7) is 13.1. The molecule has 3 fully saturated rings. The van der Waals surface area contributed by atoms with E-state index in [1.807, 2.05) is 16.7 Å². The Morgan fingerprint density at radius 1 is 1.19 bits per heavy atom. The maximum absolute atomic E-state index is 11.9. The van der Waals surface area contributed by atoms with Gasteiger partial charge in [-0.1, -0.05) is 0 Å². The Morgan fingerprint density at radius 2 is 1.85 bits per heavy atom. The first kappa shape index (κ1) is 20.4. The van der Waals surface area contributed by atoms with Crippen molar-refractivity contribution in [3.63, 3.8) is 0 Å². The van der Waals surface area contributed by atoms with Gasteiger partial charge in [-0.15, -0.1) is 0 Å². The summed E-state index contributed by atoms with van der Waals surface area (Å²) in [6, 6.07) is 1.02. The van der Waals surface area contributed by atoms with Crippen molar-refractivity contribution < 1.29 is 14.3 Å². The first-order valence-corrected chi connectivity index (χ1v) is 10.8. The molecule has 1 spiro atoms. The van der Waals surface area contributed by atoms with Crippen LogP contribution in [0.5, 0.6) is 0 Å². The van der Waals surface area contributed by atoms with Crippen LogP contribution in [0.15, 0.2) is 0 Å². The fourth-order valence-corrected chi connectivity index (χ4v) is 5.66. The molecular formula is C21H37N3O3. The van der Waals surface area contributed by atoms with Gasteiger partial charge in [-0.25, -0.2) is 4.79 Å². The molecular weight excluding hydrogens is 342 g/mol. The normalized spacial score (nSPS) is 30.2. The summed E-state index contributed by atoms with van der Waals surface area (Å²) in [4.78, 5) is 30.3. The van der Waals surface area contributed by atoms with Crippen LogP contribution in [-0.2, 0) is 9.53 Å². The number of hydrogen-bond donors (Lipinski definition) is 0. The highest BCUT2D eigenvalue weighted by Gasteiger charge is 2.51. The largest absolute Gasteiger partial charge is 0.450 e. The van der Waals surface area contributed by atoms with E-state index < -0.39 is 0 Å². The van der Waals surface area contributed by atoms with Crippen LogP contribution in [0.3, 0.4) is 0 Å². The van der Waals surface area contributed by atoms with Gasteiger partial charge in [0, 0.05) is 38.6 Å². The van der Waals surface area contributed by atoms with Crippen molar-refractivity contribution in [2.45, 2.75) is 71.9 Å². The molecule has 3 aliphatic rings. The van der Waals surface area contributed by atoms with E-state index in [9.17, 15) is 9.59 Å². The fraction of sp³-hybridized carbons (Fsp3) is 0.905. The Hall–Kier alpha value is -1.30. The molecule has 2 heterocycles. The van der Waals surface area contributed by atoms with Crippen LogP contribution in [0, 0.1) is 11.3 Å². The average Bonchev–Trinajstić information content (AvgIpc) is 3.07. The summed E-state index contributed by atoms with van der Waals surface area (Å²) in [5, 5.41) is 0. The highest BCUT2D eigenvalue weighted by Crippen LogP contribution is 2.50. The summed E-state index contributed by atoms with van der Waals surface area (Å²) in [6.07, 6.45) is 5.79. The summed E-state index contributed by atoms with van der Waals surface area (Å²) >= 11 is 0. The van der Waals surface area contributed by atoms with E-state index >= 15 is 0 Å². The van der Waals surface area contributed by atoms with Gasteiger partial charge in [0.15, 0.2) is 0 Å². The van der Waals surface area contributed by atoms with E-state index in [0.717, 1.165) is 39.1 Å². The topological polar surface area (TPSA) is 53.1 Å². The zero-order chi connectivity index (χ0) is 19.6. The number of nitrogens with zero attached hydrogens (tertiary/aromatic N) is 3. The van der Waals surface area contributed by atoms with Gasteiger partial charge in [-0.05, 0) is 77.3 Å². The standard InChI is InChI=1S/C21H37N3O3/c1-5-24(17(4)25)16(3)18-7-10-22(11-8-18)19-13-21(14-19)9-12-23(15-21)20(26)27-6-2/h16,18-19H,5-15H2,1-4H3. The van der Waals surface area contributed by atoms with E-state index in [2.05, 4.69) is 18.7 Å². The molecule has 6 heteroatoms. The number of amides is 2. The Labute approximate surface area is 164 Å². The first-order valence-electron chi connectivity index (χ1n) is 10.8. The van der Waals surface area contributed by atoms with E-state index in [-0.39, 0.29) is 12.0 Å². The molecule has 0 aromatic rings. The minimum atomic E-state index is -0.140. The van der Waals surface area contributed by atoms with Gasteiger partial charge in [0.25, 0.3) is 0 Å². The molecule has 2 amide bonds. The SMILES string of the molecule is CCOC(=O)N1CCC2(CC(N3CCC(C(C)N(CC)C(C)=O)CC3)C2)C1. The number of ether oxygens (including phenoxy) is 1. The molecule has 1 saturated carbocycles. The molecule has 27 heavy (non-hydrogen) atoms. The molecule has 0 aromatic heterocycles. The zero-order valence-corrected chi connectivity index (χ0v) is 17.6. The van der Waals surface area contributed by atoms with Gasteiger partial charge in [0.1, 0.15) is 0 Å². The smallest absolute Gasteiger partial charge is 0.409 e. The van der Waals surface area contributed by atoms with Crippen LogP contribution in [0.1, 0.15) is 59.8 Å². The number of likely N-dealkylation sites (tertiary alicyclic amines) is 2. The molecule has 2 aliphatic heterocycles. The molecule has 2 saturated heterocycles. The van der Waals surface area contributed by atoms with Gasteiger partial charge in [-0.3, -0.25) is 4.79 Å². The first-order chi connectivity index (χ1) is 12.9. The predicted octanol–water partition coefficient (Wildman–Crippen LogP) is 2.97. The highest BCUT2D eigenvalue weighted by atomic mass is 16.6. The zero-order valence-electron chi connectivity index (χ0n) is 17.6. The lowest BCUT2D eigenvalue weighted by Crippen LogP contribution is -2.55. The Bertz CT molecular complexity index is 539. The summed E-state index contributed by atoms with van der Waals surface area (Å²) in [7, 11) is 0. The molecule has 1 unspecified atom stereocenters. The van der Waals surface area contributed by atoms with Gasteiger partial charge in [0.05, 0.1) is 6.61 Å². The van der Waals surface area contributed by atoms with Crippen LogP contribution in [0.4, 0.5) is 4.79 Å². The predicted molar refractivity (Wildman–Crippen MR) is 105 cm³/mol. The molecule has 0 aromatic carbocycles. The van der Waals surface area contributed by atoms with Gasteiger partial charge < -0.3 is 19.4 Å². The summed E-state index contributed by atoms with van der Waals surface area (Å²) in [5.41, 5.74) is 0.342. The lowest BCUT2D eigenvalue weighted by atomic mass is 9.64. The molecule has 1 aliphatic carbocycles. The lowest BCUT2D eigenvalue weighted by molar-refractivity contribution is -0.132. The van der Waals surface area contributed by atoms with Crippen molar-refractivity contribution in [2.24, 2.45) is 11.3 Å². The van der Waals surface area contributed by atoms with Crippen molar-refractivity contribution in [3.05, 3.63) is 0 Å². The number of carbonyl (C=O) groups is 2. The summed E-state index contributed by atoms with van der Waals surface area (Å²) < 4.78 is 5.16. The van der Waals surface area contributed by atoms with E-state index in [1.54, 1.807) is 6.92 Å². The number of hydrogen-bond acceptors (Lipinski definition) is 4. The molecule has 0 radical (unpaired) electrons. The van der Waals surface area contributed by atoms with Crippen molar-refractivity contribution in [2.75, 3.05) is 39.3 Å². The Morgan fingerprint density at radius 3 is 2.41 bits per heavy atom. The molecule has 6 nitrogen and oxygen atoms in total. The van der Waals surface area contributed by atoms with Crippen LogP contribution in [-0.4, -0.2) is 78.1 Å². The number of piperidine rings is 1. The molecule has 1 atom stereocenters. The van der Waals surface area contributed by atoms with E-state index in [4.69, 9.17) is 4.74 Å². The Kier molecular flexibility index (Phi) is 6.34. The fourth-order valence-electron chi connectivity index (χ4n) is 5.66. The van der Waals surface area contributed by atoms with Crippen molar-refractivity contribution in [1.82, 2.24) is 14.7 Å². The second kappa shape index (κ2) is 8.38. The maximum Gasteiger partial charge on any atom is 0.409 e. The second-order valence-corrected chi connectivity index (χ2v) is 8.85. The molecule has 154 valence electrons. The maximum atomic E-state index is 11.9. The summed E-state index contributed by atoms with van der Waals surface area (Å²) in [5.74, 6) is 0.811.